The maximum Gasteiger partial charge on any atom is 0.224 e. The molecule has 94 valence electrons. The number of hydrogen-bond acceptors (Lipinski definition) is 3. The molecule has 0 aromatic heterocycles. The van der Waals surface area contributed by atoms with Crippen molar-refractivity contribution in [2.75, 3.05) is 26.3 Å². The first-order chi connectivity index (χ1) is 7.77. The van der Waals surface area contributed by atoms with Gasteiger partial charge in [0.25, 0.3) is 0 Å². The normalized spacial score (nSPS) is 19.4. The molecule has 0 radical (unpaired) electrons. The molecule has 1 rings (SSSR count). The van der Waals surface area contributed by atoms with Crippen LogP contribution in [0.25, 0.3) is 0 Å². The van der Waals surface area contributed by atoms with E-state index in [1.165, 1.54) is 0 Å². The summed E-state index contributed by atoms with van der Waals surface area (Å²) < 4.78 is 5.28. The van der Waals surface area contributed by atoms with Crippen molar-refractivity contribution in [3.05, 3.63) is 0 Å². The fourth-order valence-corrected chi connectivity index (χ4v) is 2.04. The first-order valence-corrected chi connectivity index (χ1v) is 6.33. The fourth-order valence-electron chi connectivity index (χ4n) is 2.04. The van der Waals surface area contributed by atoms with Crippen LogP contribution in [0.5, 0.6) is 0 Å². The molecule has 1 atom stereocenters. The van der Waals surface area contributed by atoms with Gasteiger partial charge in [0.15, 0.2) is 0 Å². The molecule has 0 aromatic rings. The molecule has 3 N–H and O–H groups in total. The first-order valence-electron chi connectivity index (χ1n) is 6.33. The topological polar surface area (TPSA) is 64.4 Å². The van der Waals surface area contributed by atoms with Crippen molar-refractivity contribution in [3.8, 4) is 0 Å². The third-order valence-electron chi connectivity index (χ3n) is 3.20. The molecule has 0 saturated carbocycles. The summed E-state index contributed by atoms with van der Waals surface area (Å²) in [5.74, 6) is 0.693. The van der Waals surface area contributed by atoms with E-state index in [4.69, 9.17) is 10.5 Å². The second kappa shape index (κ2) is 7.63. The molecule has 1 amide bonds. The van der Waals surface area contributed by atoms with Crippen LogP contribution >= 0.6 is 0 Å². The summed E-state index contributed by atoms with van der Waals surface area (Å²) >= 11 is 0. The van der Waals surface area contributed by atoms with Crippen LogP contribution < -0.4 is 11.1 Å². The van der Waals surface area contributed by atoms with Crippen LogP contribution in [0, 0.1) is 11.8 Å². The van der Waals surface area contributed by atoms with Crippen LogP contribution in [0.4, 0.5) is 0 Å². The molecule has 1 aliphatic rings. The van der Waals surface area contributed by atoms with Gasteiger partial charge in [-0.3, -0.25) is 4.79 Å². The van der Waals surface area contributed by atoms with Crippen molar-refractivity contribution in [2.45, 2.75) is 32.6 Å². The number of carbonyl (C=O) groups is 1. The third kappa shape index (κ3) is 4.49. The van der Waals surface area contributed by atoms with Crippen LogP contribution in [0.1, 0.15) is 32.6 Å². The predicted molar refractivity (Wildman–Crippen MR) is 64.0 cm³/mol. The summed E-state index contributed by atoms with van der Waals surface area (Å²) in [5.41, 5.74) is 5.59. The van der Waals surface area contributed by atoms with E-state index in [2.05, 4.69) is 12.2 Å². The van der Waals surface area contributed by atoms with Crippen molar-refractivity contribution in [2.24, 2.45) is 17.6 Å². The lowest BCUT2D eigenvalue weighted by Crippen LogP contribution is -2.38. The molecule has 1 unspecified atom stereocenters. The van der Waals surface area contributed by atoms with Crippen LogP contribution in [-0.4, -0.2) is 32.2 Å². The second-order valence-electron chi connectivity index (χ2n) is 4.52. The van der Waals surface area contributed by atoms with E-state index in [0.29, 0.717) is 12.5 Å². The minimum Gasteiger partial charge on any atom is -0.381 e. The fraction of sp³-hybridized carbons (Fsp3) is 0.917. The number of carbonyl (C=O) groups excluding carboxylic acids is 1. The van der Waals surface area contributed by atoms with Crippen LogP contribution in [-0.2, 0) is 9.53 Å². The number of nitrogens with one attached hydrogen (secondary N) is 1. The van der Waals surface area contributed by atoms with Crippen LogP contribution in [0.3, 0.4) is 0 Å². The van der Waals surface area contributed by atoms with Gasteiger partial charge in [-0.1, -0.05) is 13.3 Å². The predicted octanol–water partition coefficient (Wildman–Crippen LogP) is 0.904. The van der Waals surface area contributed by atoms with E-state index >= 15 is 0 Å². The lowest BCUT2D eigenvalue weighted by Gasteiger charge is -2.23. The molecular formula is C12H24N2O2. The minimum atomic E-state index is -0.00941. The van der Waals surface area contributed by atoms with Gasteiger partial charge < -0.3 is 15.8 Å². The zero-order valence-electron chi connectivity index (χ0n) is 10.2. The summed E-state index contributed by atoms with van der Waals surface area (Å²) in [4.78, 5) is 11.8. The quantitative estimate of drug-likeness (QED) is 0.710. The van der Waals surface area contributed by atoms with Gasteiger partial charge in [-0.05, 0) is 25.2 Å². The van der Waals surface area contributed by atoms with E-state index in [9.17, 15) is 4.79 Å². The molecule has 0 spiro atoms. The molecule has 0 aliphatic carbocycles. The van der Waals surface area contributed by atoms with Crippen molar-refractivity contribution >= 4 is 5.91 Å². The smallest absolute Gasteiger partial charge is 0.224 e. The van der Waals surface area contributed by atoms with E-state index in [1.807, 2.05) is 0 Å². The number of nitrogens with two attached hydrogens (primary N) is 1. The van der Waals surface area contributed by atoms with Gasteiger partial charge in [-0.15, -0.1) is 0 Å². The van der Waals surface area contributed by atoms with E-state index < -0.39 is 0 Å². The number of amides is 1. The van der Waals surface area contributed by atoms with E-state index in [1.54, 1.807) is 0 Å². The highest BCUT2D eigenvalue weighted by Crippen LogP contribution is 2.13. The van der Waals surface area contributed by atoms with Gasteiger partial charge >= 0.3 is 0 Å². The SMILES string of the molecule is CCCC(CN)C(=O)NCC1CCOCC1. The monoisotopic (exact) mass is 228 g/mol. The summed E-state index contributed by atoms with van der Waals surface area (Å²) in [6, 6.07) is 0. The lowest BCUT2D eigenvalue weighted by molar-refractivity contribution is -0.125. The average molecular weight is 228 g/mol. The van der Waals surface area contributed by atoms with Crippen molar-refractivity contribution in [1.29, 1.82) is 0 Å². The third-order valence-corrected chi connectivity index (χ3v) is 3.20. The number of rotatable bonds is 6. The Morgan fingerprint density at radius 2 is 2.19 bits per heavy atom. The molecule has 0 aromatic carbocycles. The number of ether oxygens (including phenoxy) is 1. The van der Waals surface area contributed by atoms with Crippen molar-refractivity contribution < 1.29 is 9.53 Å². The summed E-state index contributed by atoms with van der Waals surface area (Å²) in [6.07, 6.45) is 4.01. The molecule has 1 saturated heterocycles. The summed E-state index contributed by atoms with van der Waals surface area (Å²) in [6.45, 7) is 4.97. The average Bonchev–Trinajstić information content (AvgIpc) is 2.34. The van der Waals surface area contributed by atoms with Crippen LogP contribution in [0.15, 0.2) is 0 Å². The van der Waals surface area contributed by atoms with Gasteiger partial charge in [0.1, 0.15) is 0 Å². The summed E-state index contributed by atoms with van der Waals surface area (Å²) in [7, 11) is 0. The van der Waals surface area contributed by atoms with Crippen LogP contribution in [0.2, 0.25) is 0 Å². The highest BCUT2D eigenvalue weighted by atomic mass is 16.5. The molecule has 4 nitrogen and oxygen atoms in total. The Kier molecular flexibility index (Phi) is 6.42. The Hall–Kier alpha value is -0.610. The van der Waals surface area contributed by atoms with E-state index in [-0.39, 0.29) is 11.8 Å². The largest absolute Gasteiger partial charge is 0.381 e. The zero-order valence-corrected chi connectivity index (χ0v) is 10.2. The lowest BCUT2D eigenvalue weighted by atomic mass is 9.99. The Bertz CT molecular complexity index is 203. The maximum absolute atomic E-state index is 11.8. The first kappa shape index (κ1) is 13.5. The molecule has 16 heavy (non-hydrogen) atoms. The molecule has 0 bridgehead atoms. The molecule has 4 heteroatoms. The van der Waals surface area contributed by atoms with Gasteiger partial charge in [-0.25, -0.2) is 0 Å². The van der Waals surface area contributed by atoms with E-state index in [0.717, 1.165) is 45.4 Å². The Balaban J connectivity index is 2.21. The Morgan fingerprint density at radius 1 is 1.50 bits per heavy atom. The molecule has 1 fully saturated rings. The Labute approximate surface area is 97.9 Å². The zero-order chi connectivity index (χ0) is 11.8. The maximum atomic E-state index is 11.8. The minimum absolute atomic E-state index is 0.00941. The van der Waals surface area contributed by atoms with Gasteiger partial charge in [0, 0.05) is 26.3 Å². The van der Waals surface area contributed by atoms with Gasteiger partial charge in [-0.2, -0.15) is 0 Å². The highest BCUT2D eigenvalue weighted by Gasteiger charge is 2.18. The van der Waals surface area contributed by atoms with Gasteiger partial charge in [0.2, 0.25) is 5.91 Å². The molecule has 1 heterocycles. The van der Waals surface area contributed by atoms with Crippen molar-refractivity contribution in [1.82, 2.24) is 5.32 Å². The molecular weight excluding hydrogens is 204 g/mol. The van der Waals surface area contributed by atoms with Gasteiger partial charge in [0.05, 0.1) is 5.92 Å². The Morgan fingerprint density at radius 3 is 2.75 bits per heavy atom. The standard InChI is InChI=1S/C12H24N2O2/c1-2-3-11(8-13)12(15)14-9-10-4-6-16-7-5-10/h10-11H,2-9,13H2,1H3,(H,14,15). The highest BCUT2D eigenvalue weighted by molar-refractivity contribution is 5.78. The second-order valence-corrected chi connectivity index (χ2v) is 4.52. The number of hydrogen-bond donors (Lipinski definition) is 2. The van der Waals surface area contributed by atoms with Crippen molar-refractivity contribution in [3.63, 3.8) is 0 Å². The summed E-state index contributed by atoms with van der Waals surface area (Å²) in [5, 5.41) is 3.01. The molecule has 1 aliphatic heterocycles.